The van der Waals surface area contributed by atoms with Crippen LogP contribution in [0.2, 0.25) is 0 Å². The number of nitrogens with zero attached hydrogens (tertiary/aromatic N) is 2. The molecule has 0 saturated carbocycles. The second-order valence-electron chi connectivity index (χ2n) is 5.20. The molecule has 1 aliphatic heterocycles. The fourth-order valence-electron chi connectivity index (χ4n) is 2.68. The first-order chi connectivity index (χ1) is 9.31. The molecule has 0 aromatic carbocycles. The van der Waals surface area contributed by atoms with Crippen LogP contribution in [0.15, 0.2) is 22.8 Å². The summed E-state index contributed by atoms with van der Waals surface area (Å²) in [7, 11) is 0. The number of piperazine rings is 1. The first kappa shape index (κ1) is 14.9. The molecule has 0 radical (unpaired) electrons. The van der Waals surface area contributed by atoms with E-state index in [1.165, 1.54) is 31.4 Å². The third-order valence-electron chi connectivity index (χ3n) is 3.77. The average molecular weight is 326 g/mol. The van der Waals surface area contributed by atoms with Gasteiger partial charge in [0.05, 0.1) is 11.7 Å². The van der Waals surface area contributed by atoms with Crippen LogP contribution in [0.1, 0.15) is 44.3 Å². The number of unbranched alkanes of at least 4 members (excludes halogenated alkanes) is 2. The Kier molecular flexibility index (Phi) is 6.28. The van der Waals surface area contributed by atoms with Gasteiger partial charge in [-0.05, 0) is 34.5 Å². The number of hydrogen-bond acceptors (Lipinski definition) is 3. The molecule has 3 nitrogen and oxygen atoms in total. The molecule has 19 heavy (non-hydrogen) atoms. The van der Waals surface area contributed by atoms with Crippen LogP contribution < -0.4 is 5.32 Å². The van der Waals surface area contributed by atoms with Gasteiger partial charge in [-0.2, -0.15) is 0 Å². The van der Waals surface area contributed by atoms with E-state index in [9.17, 15) is 0 Å². The Balaban J connectivity index is 2.05. The van der Waals surface area contributed by atoms with Gasteiger partial charge in [-0.15, -0.1) is 0 Å². The van der Waals surface area contributed by atoms with E-state index in [2.05, 4.69) is 50.2 Å². The first-order valence-electron chi connectivity index (χ1n) is 7.37. The van der Waals surface area contributed by atoms with E-state index < -0.39 is 0 Å². The maximum atomic E-state index is 4.62. The maximum absolute atomic E-state index is 4.62. The van der Waals surface area contributed by atoms with Gasteiger partial charge in [-0.3, -0.25) is 9.88 Å². The van der Waals surface area contributed by atoms with Crippen molar-refractivity contribution in [3.8, 4) is 0 Å². The van der Waals surface area contributed by atoms with Crippen LogP contribution in [0.3, 0.4) is 0 Å². The lowest BCUT2D eigenvalue weighted by molar-refractivity contribution is 0.159. The summed E-state index contributed by atoms with van der Waals surface area (Å²) in [6.07, 6.45) is 7.04. The highest BCUT2D eigenvalue weighted by atomic mass is 79.9. The molecule has 1 saturated heterocycles. The quantitative estimate of drug-likeness (QED) is 0.813. The summed E-state index contributed by atoms with van der Waals surface area (Å²) in [6.45, 7) is 6.72. The Hall–Kier alpha value is -0.450. The highest BCUT2D eigenvalue weighted by molar-refractivity contribution is 9.10. The summed E-state index contributed by atoms with van der Waals surface area (Å²) in [6, 6.07) is 4.77. The Labute approximate surface area is 124 Å². The van der Waals surface area contributed by atoms with Crippen LogP contribution in [0.4, 0.5) is 0 Å². The van der Waals surface area contributed by atoms with Gasteiger partial charge >= 0.3 is 0 Å². The third-order valence-corrected chi connectivity index (χ3v) is 4.23. The lowest BCUT2D eigenvalue weighted by Gasteiger charge is -2.34. The number of pyridine rings is 1. The van der Waals surface area contributed by atoms with Crippen molar-refractivity contribution in [2.24, 2.45) is 0 Å². The summed E-state index contributed by atoms with van der Waals surface area (Å²) in [5, 5.41) is 3.43. The van der Waals surface area contributed by atoms with Crippen molar-refractivity contribution >= 4 is 15.9 Å². The minimum atomic E-state index is 0.488. The minimum absolute atomic E-state index is 0.488. The van der Waals surface area contributed by atoms with E-state index in [1.54, 1.807) is 0 Å². The Morgan fingerprint density at radius 1 is 1.32 bits per heavy atom. The largest absolute Gasteiger partial charge is 0.314 e. The molecule has 0 amide bonds. The van der Waals surface area contributed by atoms with E-state index in [4.69, 9.17) is 0 Å². The summed E-state index contributed by atoms with van der Waals surface area (Å²) >= 11 is 3.47. The van der Waals surface area contributed by atoms with Crippen molar-refractivity contribution in [3.63, 3.8) is 0 Å². The summed E-state index contributed by atoms with van der Waals surface area (Å²) in [5.41, 5.74) is 1.22. The van der Waals surface area contributed by atoms with Gasteiger partial charge in [0.1, 0.15) is 0 Å². The smallest absolute Gasteiger partial charge is 0.0576 e. The van der Waals surface area contributed by atoms with Gasteiger partial charge in [0.15, 0.2) is 0 Å². The minimum Gasteiger partial charge on any atom is -0.314 e. The molecule has 1 fully saturated rings. The molecule has 2 heterocycles. The highest BCUT2D eigenvalue weighted by Crippen LogP contribution is 2.26. The van der Waals surface area contributed by atoms with Gasteiger partial charge in [-0.1, -0.05) is 26.2 Å². The molecule has 0 aliphatic carbocycles. The normalized spacial score (nSPS) is 18.4. The molecule has 1 aromatic heterocycles. The Morgan fingerprint density at radius 2 is 2.11 bits per heavy atom. The molecular formula is C15H24BrN3. The van der Waals surface area contributed by atoms with Gasteiger partial charge in [0, 0.05) is 36.8 Å². The second kappa shape index (κ2) is 7.98. The van der Waals surface area contributed by atoms with Gasteiger partial charge < -0.3 is 5.32 Å². The number of hydrogen-bond donors (Lipinski definition) is 1. The average Bonchev–Trinajstić information content (AvgIpc) is 2.46. The lowest BCUT2D eigenvalue weighted by atomic mass is 10.0. The molecule has 1 atom stereocenters. The van der Waals surface area contributed by atoms with Crippen LogP contribution in [0.25, 0.3) is 0 Å². The zero-order valence-corrected chi connectivity index (χ0v) is 13.3. The zero-order valence-electron chi connectivity index (χ0n) is 11.7. The van der Waals surface area contributed by atoms with E-state index in [0.717, 1.165) is 30.7 Å². The van der Waals surface area contributed by atoms with Crippen molar-refractivity contribution in [2.75, 3.05) is 26.2 Å². The van der Waals surface area contributed by atoms with Crippen LogP contribution in [-0.4, -0.2) is 36.1 Å². The van der Waals surface area contributed by atoms with E-state index in [1.807, 2.05) is 6.20 Å². The van der Waals surface area contributed by atoms with Gasteiger partial charge in [0.2, 0.25) is 0 Å². The topological polar surface area (TPSA) is 28.2 Å². The Bertz CT molecular complexity index is 360. The molecule has 2 rings (SSSR count). The molecular weight excluding hydrogens is 302 g/mol. The van der Waals surface area contributed by atoms with Crippen molar-refractivity contribution in [1.29, 1.82) is 0 Å². The fraction of sp³-hybridized carbons (Fsp3) is 0.667. The van der Waals surface area contributed by atoms with Crippen LogP contribution in [0.5, 0.6) is 0 Å². The number of nitrogens with one attached hydrogen (secondary N) is 1. The Morgan fingerprint density at radius 3 is 2.74 bits per heavy atom. The van der Waals surface area contributed by atoms with Gasteiger partial charge in [0.25, 0.3) is 0 Å². The molecule has 1 aromatic rings. The fourth-order valence-corrected chi connectivity index (χ4v) is 2.92. The standard InChI is InChI=1S/C15H24BrN3/c1-2-3-4-5-15(19-10-8-17-9-11-19)14-7-6-13(16)12-18-14/h6-7,12,15,17H,2-5,8-11H2,1H3/t15-/m1/s1. The molecule has 1 aliphatic rings. The molecule has 1 N–H and O–H groups in total. The lowest BCUT2D eigenvalue weighted by Crippen LogP contribution is -2.45. The van der Waals surface area contributed by atoms with Crippen molar-refractivity contribution in [3.05, 3.63) is 28.5 Å². The molecule has 4 heteroatoms. The maximum Gasteiger partial charge on any atom is 0.0576 e. The van der Waals surface area contributed by atoms with Crippen LogP contribution >= 0.6 is 15.9 Å². The second-order valence-corrected chi connectivity index (χ2v) is 6.11. The number of aromatic nitrogens is 1. The van der Waals surface area contributed by atoms with Crippen molar-refractivity contribution in [2.45, 2.75) is 38.6 Å². The predicted octanol–water partition coefficient (Wildman–Crippen LogP) is 3.37. The van der Waals surface area contributed by atoms with E-state index in [-0.39, 0.29) is 0 Å². The first-order valence-corrected chi connectivity index (χ1v) is 8.16. The third kappa shape index (κ3) is 4.55. The van der Waals surface area contributed by atoms with Crippen LogP contribution in [0, 0.1) is 0 Å². The monoisotopic (exact) mass is 325 g/mol. The van der Waals surface area contributed by atoms with Crippen molar-refractivity contribution in [1.82, 2.24) is 15.2 Å². The number of rotatable bonds is 6. The molecule has 0 bridgehead atoms. The van der Waals surface area contributed by atoms with Gasteiger partial charge in [-0.25, -0.2) is 0 Å². The summed E-state index contributed by atoms with van der Waals surface area (Å²) in [4.78, 5) is 7.21. The van der Waals surface area contributed by atoms with E-state index >= 15 is 0 Å². The summed E-state index contributed by atoms with van der Waals surface area (Å²) < 4.78 is 1.06. The molecule has 0 unspecified atom stereocenters. The highest BCUT2D eigenvalue weighted by Gasteiger charge is 2.22. The predicted molar refractivity (Wildman–Crippen MR) is 83.3 cm³/mol. The van der Waals surface area contributed by atoms with Crippen molar-refractivity contribution < 1.29 is 0 Å². The van der Waals surface area contributed by atoms with E-state index in [0.29, 0.717) is 6.04 Å². The molecule has 106 valence electrons. The SMILES string of the molecule is CCCCC[C@H](c1ccc(Br)cn1)N1CCNCC1. The molecule has 0 spiro atoms. The summed E-state index contributed by atoms with van der Waals surface area (Å²) in [5.74, 6) is 0. The zero-order chi connectivity index (χ0) is 13.5. The number of halogens is 1. The van der Waals surface area contributed by atoms with Crippen LogP contribution in [-0.2, 0) is 0 Å².